The molecule has 2 aliphatic rings. The summed E-state index contributed by atoms with van der Waals surface area (Å²) in [6, 6.07) is 0. The average Bonchev–Trinajstić information content (AvgIpc) is 3.31. The second-order valence-corrected chi connectivity index (χ2v) is 9.63. The number of carbonyl (C=O) groups is 4. The number of hydrogen-bond acceptors (Lipinski definition) is 4. The van der Waals surface area contributed by atoms with Crippen LogP contribution in [0.5, 0.6) is 0 Å². The number of hydrogen-bond donors (Lipinski definition) is 0. The second kappa shape index (κ2) is 15.9. The molecule has 0 spiro atoms. The first-order chi connectivity index (χ1) is 19.2. The molecular weight excluding hydrogens is 502 g/mol. The molecule has 0 aromatic rings. The number of rotatable bonds is 8. The van der Waals surface area contributed by atoms with E-state index in [1.165, 1.54) is 9.80 Å². The lowest BCUT2D eigenvalue weighted by Gasteiger charge is -2.31. The van der Waals surface area contributed by atoms with Crippen LogP contribution in [-0.2, 0) is 19.2 Å². The monoisotopic (exact) mass is 530 g/mol. The van der Waals surface area contributed by atoms with E-state index in [4.69, 9.17) is 6.42 Å². The van der Waals surface area contributed by atoms with Crippen molar-refractivity contribution in [2.45, 2.75) is 32.6 Å². The molecule has 0 radical (unpaired) electrons. The van der Waals surface area contributed by atoms with Crippen LogP contribution in [0.25, 0.3) is 0 Å². The fraction of sp³-hybridized carbons (Fsp3) is 0.394. The number of amides is 4. The van der Waals surface area contributed by atoms with Crippen LogP contribution in [0.4, 0.5) is 0 Å². The zero-order valence-electron chi connectivity index (χ0n) is 22.9. The molecule has 2 rings (SSSR count). The van der Waals surface area contributed by atoms with Gasteiger partial charge in [-0.1, -0.05) is 12.8 Å². The van der Waals surface area contributed by atoms with Crippen LogP contribution in [0.1, 0.15) is 32.6 Å². The topological polar surface area (TPSA) is 74.8 Å². The average molecular weight is 531 g/mol. The van der Waals surface area contributed by atoms with Gasteiger partial charge in [0.1, 0.15) is 5.92 Å². The van der Waals surface area contributed by atoms with Gasteiger partial charge in [0, 0.05) is 44.7 Å². The highest BCUT2D eigenvalue weighted by atomic mass is 16.2. The minimum absolute atomic E-state index is 0.0368. The summed E-state index contributed by atoms with van der Waals surface area (Å²) in [5.41, 5.74) is 0. The third-order valence-electron chi connectivity index (χ3n) is 6.07. The summed E-state index contributed by atoms with van der Waals surface area (Å²) in [4.78, 5) is 51.6. The maximum absolute atomic E-state index is 12.6. The van der Waals surface area contributed by atoms with Crippen molar-refractivity contribution in [1.29, 1.82) is 0 Å². The van der Waals surface area contributed by atoms with Crippen LogP contribution in [0.3, 0.4) is 0 Å². The van der Waals surface area contributed by atoms with Gasteiger partial charge in [0.05, 0.1) is 27.2 Å². The Morgan fingerprint density at radius 3 is 1.55 bits per heavy atom. The molecule has 40 heavy (non-hydrogen) atoms. The van der Waals surface area contributed by atoms with E-state index in [1.807, 2.05) is 14.1 Å². The van der Waals surface area contributed by atoms with E-state index in [1.54, 1.807) is 6.92 Å². The second-order valence-electron chi connectivity index (χ2n) is 9.63. The summed E-state index contributed by atoms with van der Waals surface area (Å²) in [7, 11) is 4.10. The van der Waals surface area contributed by atoms with Crippen LogP contribution >= 0.6 is 0 Å². The molecule has 0 bridgehead atoms. The van der Waals surface area contributed by atoms with E-state index >= 15 is 0 Å². The molecule has 2 aliphatic heterocycles. The Bertz CT molecular complexity index is 1550. The quantitative estimate of drug-likeness (QED) is 0.257. The van der Waals surface area contributed by atoms with Crippen molar-refractivity contribution in [3.05, 3.63) is 0 Å². The van der Waals surface area contributed by atoms with Gasteiger partial charge in [-0.3, -0.25) is 29.0 Å². The third-order valence-corrected chi connectivity index (χ3v) is 6.07. The zero-order valence-corrected chi connectivity index (χ0v) is 22.9. The molecule has 7 heteroatoms. The first-order valence-corrected chi connectivity index (χ1v) is 12.6. The lowest BCUT2D eigenvalue weighted by Crippen LogP contribution is -2.44. The van der Waals surface area contributed by atoms with Crippen molar-refractivity contribution in [2.24, 2.45) is 11.8 Å². The number of likely N-dealkylation sites (tertiary alicyclic amines) is 2. The van der Waals surface area contributed by atoms with E-state index in [-0.39, 0.29) is 42.4 Å². The van der Waals surface area contributed by atoms with Crippen LogP contribution in [0.15, 0.2) is 0 Å². The molecule has 0 saturated carbocycles. The van der Waals surface area contributed by atoms with Crippen molar-refractivity contribution >= 4 is 23.6 Å². The molecule has 0 N–H and O–H groups in total. The highest BCUT2D eigenvalue weighted by Crippen LogP contribution is 2.20. The Balaban J connectivity index is 1.76. The Labute approximate surface area is 237 Å². The predicted molar refractivity (Wildman–Crippen MR) is 150 cm³/mol. The highest BCUT2D eigenvalue weighted by molar-refractivity contribution is 6.05. The standard InChI is InChI=1S/C33H28N3O4/c1-5-6-7-8-9-10-11-12-13-14-15-16-17-18-21-29-27-31(38)35(33(29)40)23-20-25-36(3,4)24-19-22-34-30(37)26-28(2)32(34)39/h1,28-29H,19-20,22-27H2,2-4H3/q+1. The minimum atomic E-state index is -0.711. The van der Waals surface area contributed by atoms with E-state index in [2.05, 4.69) is 88.8 Å². The number of quaternary nitrogens is 1. The fourth-order valence-electron chi connectivity index (χ4n) is 4.04. The molecule has 0 aliphatic carbocycles. The summed E-state index contributed by atoms with van der Waals surface area (Å²) in [5, 5.41) is 0. The minimum Gasteiger partial charge on any atom is -0.328 e. The largest absolute Gasteiger partial charge is 0.328 e. The Morgan fingerprint density at radius 2 is 1.10 bits per heavy atom. The van der Waals surface area contributed by atoms with Gasteiger partial charge < -0.3 is 4.48 Å². The number of imide groups is 2. The Hall–Kier alpha value is -5.28. The summed E-state index contributed by atoms with van der Waals surface area (Å²) >= 11 is 0. The smallest absolute Gasteiger partial charge is 0.244 e. The van der Waals surface area contributed by atoms with Crippen molar-refractivity contribution < 1.29 is 23.7 Å². The number of nitrogens with zero attached hydrogens (tertiary/aromatic N) is 3. The normalized spacial score (nSPS) is 16.9. The van der Waals surface area contributed by atoms with Crippen LogP contribution in [0.2, 0.25) is 0 Å². The van der Waals surface area contributed by atoms with Crippen molar-refractivity contribution in [1.82, 2.24) is 9.80 Å². The zero-order chi connectivity index (χ0) is 29.4. The molecule has 2 atom stereocenters. The van der Waals surface area contributed by atoms with E-state index in [0.717, 1.165) is 13.1 Å². The molecule has 0 aromatic carbocycles. The van der Waals surface area contributed by atoms with Gasteiger partial charge >= 0.3 is 0 Å². The number of carbonyl (C=O) groups excluding carboxylic acids is 4. The van der Waals surface area contributed by atoms with Gasteiger partial charge in [0.2, 0.25) is 23.6 Å². The van der Waals surface area contributed by atoms with Gasteiger partial charge in [0.25, 0.3) is 0 Å². The highest BCUT2D eigenvalue weighted by Gasteiger charge is 2.38. The molecule has 4 amide bonds. The maximum Gasteiger partial charge on any atom is 0.244 e. The van der Waals surface area contributed by atoms with Gasteiger partial charge in [-0.05, 0) is 82.9 Å². The van der Waals surface area contributed by atoms with E-state index in [0.29, 0.717) is 30.4 Å². The summed E-state index contributed by atoms with van der Waals surface area (Å²) < 4.78 is 0.648. The molecular formula is C33H28N3O4+. The van der Waals surface area contributed by atoms with Crippen LogP contribution in [0, 0.1) is 107 Å². The molecule has 2 fully saturated rings. The van der Waals surface area contributed by atoms with Crippen molar-refractivity contribution in [2.75, 3.05) is 40.3 Å². The third kappa shape index (κ3) is 10.2. The van der Waals surface area contributed by atoms with Crippen molar-refractivity contribution in [3.63, 3.8) is 0 Å². The summed E-state index contributed by atoms with van der Waals surface area (Å²) in [5.74, 6) is 35.3. The lowest BCUT2D eigenvalue weighted by molar-refractivity contribution is -0.890. The molecule has 198 valence electrons. The van der Waals surface area contributed by atoms with Crippen molar-refractivity contribution in [3.8, 4) is 95.2 Å². The molecule has 2 heterocycles. The first-order valence-electron chi connectivity index (χ1n) is 12.6. The lowest BCUT2D eigenvalue weighted by atomic mass is 10.1. The fourth-order valence-corrected chi connectivity index (χ4v) is 4.04. The predicted octanol–water partition coefficient (Wildman–Crippen LogP) is 0.270. The Morgan fingerprint density at radius 1 is 0.675 bits per heavy atom. The SMILES string of the molecule is C#CC#CC#CC#CC#CC#CC#CC#CC1CC(=O)N(CCC[N+](C)(C)CCCN2C(=O)CC(C)C2=O)C1=O. The van der Waals surface area contributed by atoms with Crippen LogP contribution in [-0.4, -0.2) is 78.2 Å². The molecule has 0 aromatic heterocycles. The van der Waals surface area contributed by atoms with Gasteiger partial charge in [-0.2, -0.15) is 0 Å². The van der Waals surface area contributed by atoms with E-state index < -0.39 is 5.92 Å². The molecule has 7 nitrogen and oxygen atoms in total. The number of terminal acetylenes is 1. The molecule has 2 saturated heterocycles. The Kier molecular flexibility index (Phi) is 12.3. The summed E-state index contributed by atoms with van der Waals surface area (Å²) in [6.07, 6.45) is 6.60. The van der Waals surface area contributed by atoms with Crippen LogP contribution < -0.4 is 0 Å². The first kappa shape index (κ1) is 30.9. The molecule has 2 unspecified atom stereocenters. The van der Waals surface area contributed by atoms with E-state index in [9.17, 15) is 19.2 Å². The van der Waals surface area contributed by atoms with Gasteiger partial charge in [-0.25, -0.2) is 0 Å². The van der Waals surface area contributed by atoms with Gasteiger partial charge in [0.15, 0.2) is 0 Å². The summed E-state index contributed by atoms with van der Waals surface area (Å²) in [6.45, 7) is 4.01. The maximum atomic E-state index is 12.6. The van der Waals surface area contributed by atoms with Gasteiger partial charge in [-0.15, -0.1) is 6.42 Å².